The molecule has 1 aromatic carbocycles. The first kappa shape index (κ1) is 11.3. The van der Waals surface area contributed by atoms with Gasteiger partial charge in [-0.1, -0.05) is 24.8 Å². The molecule has 0 radical (unpaired) electrons. The molecule has 1 N–H and O–H groups in total. The van der Waals surface area contributed by atoms with Gasteiger partial charge in [0, 0.05) is 24.4 Å². The lowest BCUT2D eigenvalue weighted by Crippen LogP contribution is -2.27. The maximum absolute atomic E-state index is 10.7. The van der Waals surface area contributed by atoms with Gasteiger partial charge in [-0.3, -0.25) is 0 Å². The van der Waals surface area contributed by atoms with Gasteiger partial charge in [-0.2, -0.15) is 0 Å². The molecular weight excluding hydrogens is 190 g/mol. The highest BCUT2D eigenvalue weighted by Crippen LogP contribution is 2.13. The van der Waals surface area contributed by atoms with Gasteiger partial charge in [0.25, 0.3) is 0 Å². The predicted molar refractivity (Wildman–Crippen MR) is 61.1 cm³/mol. The van der Waals surface area contributed by atoms with Crippen LogP contribution in [-0.4, -0.2) is 24.2 Å². The number of carbonyl (C=O) groups is 1. The lowest BCUT2D eigenvalue weighted by molar-refractivity contribution is -0.132. The van der Waals surface area contributed by atoms with E-state index >= 15 is 0 Å². The van der Waals surface area contributed by atoms with Crippen molar-refractivity contribution in [2.45, 2.75) is 6.92 Å². The van der Waals surface area contributed by atoms with Crippen LogP contribution in [0.4, 0.5) is 5.69 Å². The van der Waals surface area contributed by atoms with Crippen molar-refractivity contribution in [2.75, 3.05) is 18.0 Å². The zero-order valence-corrected chi connectivity index (χ0v) is 8.81. The molecule has 0 aromatic heterocycles. The highest BCUT2D eigenvalue weighted by atomic mass is 16.4. The number of anilines is 1. The standard InChI is InChI=1S/C12H15NO2/c1-3-13(9-10(2)12(14)15)11-7-5-4-6-8-11/h4-8H,2-3,9H2,1H3,(H,14,15). The van der Waals surface area contributed by atoms with E-state index in [1.165, 1.54) is 0 Å². The number of carboxylic acid groups (broad SMARTS) is 1. The molecule has 0 saturated carbocycles. The minimum absolute atomic E-state index is 0.209. The Morgan fingerprint density at radius 1 is 1.40 bits per heavy atom. The van der Waals surface area contributed by atoms with Crippen LogP contribution in [0.15, 0.2) is 42.5 Å². The second-order valence-electron chi connectivity index (χ2n) is 3.26. The molecule has 0 bridgehead atoms. The smallest absolute Gasteiger partial charge is 0.332 e. The number of hydrogen-bond acceptors (Lipinski definition) is 2. The Bertz CT molecular complexity index is 346. The number of carboxylic acids is 1. The van der Waals surface area contributed by atoms with Crippen LogP contribution < -0.4 is 4.90 Å². The fourth-order valence-electron chi connectivity index (χ4n) is 1.32. The average molecular weight is 205 g/mol. The molecule has 0 atom stereocenters. The van der Waals surface area contributed by atoms with Crippen molar-refractivity contribution in [3.05, 3.63) is 42.5 Å². The van der Waals surface area contributed by atoms with E-state index in [-0.39, 0.29) is 5.57 Å². The zero-order chi connectivity index (χ0) is 11.3. The summed E-state index contributed by atoms with van der Waals surface area (Å²) in [6, 6.07) is 9.71. The fraction of sp³-hybridized carbons (Fsp3) is 0.250. The summed E-state index contributed by atoms with van der Waals surface area (Å²) in [7, 11) is 0. The molecule has 0 aliphatic carbocycles. The van der Waals surface area contributed by atoms with E-state index in [0.29, 0.717) is 6.54 Å². The third-order valence-corrected chi connectivity index (χ3v) is 2.19. The molecule has 0 heterocycles. The van der Waals surface area contributed by atoms with Crippen molar-refractivity contribution in [3.8, 4) is 0 Å². The Balaban J connectivity index is 2.73. The van der Waals surface area contributed by atoms with E-state index < -0.39 is 5.97 Å². The molecule has 0 unspecified atom stereocenters. The Morgan fingerprint density at radius 3 is 2.47 bits per heavy atom. The molecule has 0 amide bonds. The minimum Gasteiger partial charge on any atom is -0.478 e. The number of aliphatic carboxylic acids is 1. The summed E-state index contributed by atoms with van der Waals surface area (Å²) in [4.78, 5) is 12.6. The van der Waals surface area contributed by atoms with Crippen molar-refractivity contribution in [1.29, 1.82) is 0 Å². The monoisotopic (exact) mass is 205 g/mol. The van der Waals surface area contributed by atoms with Gasteiger partial charge < -0.3 is 10.0 Å². The summed E-state index contributed by atoms with van der Waals surface area (Å²) in [6.07, 6.45) is 0. The Morgan fingerprint density at radius 2 is 2.00 bits per heavy atom. The molecular formula is C12H15NO2. The summed E-state index contributed by atoms with van der Waals surface area (Å²) < 4.78 is 0. The zero-order valence-electron chi connectivity index (χ0n) is 8.81. The highest BCUT2D eigenvalue weighted by Gasteiger charge is 2.09. The van der Waals surface area contributed by atoms with Crippen molar-refractivity contribution >= 4 is 11.7 Å². The van der Waals surface area contributed by atoms with Crippen LogP contribution in [0.5, 0.6) is 0 Å². The number of hydrogen-bond donors (Lipinski definition) is 1. The van der Waals surface area contributed by atoms with Gasteiger partial charge in [0.15, 0.2) is 0 Å². The van der Waals surface area contributed by atoms with Gasteiger partial charge in [0.2, 0.25) is 0 Å². The molecule has 3 heteroatoms. The molecule has 0 aliphatic rings. The first-order valence-electron chi connectivity index (χ1n) is 4.86. The highest BCUT2D eigenvalue weighted by molar-refractivity contribution is 5.87. The van der Waals surface area contributed by atoms with E-state index in [9.17, 15) is 4.79 Å². The summed E-state index contributed by atoms with van der Waals surface area (Å²) in [6.45, 7) is 6.63. The molecule has 0 aliphatic heterocycles. The van der Waals surface area contributed by atoms with Crippen molar-refractivity contribution < 1.29 is 9.90 Å². The van der Waals surface area contributed by atoms with Crippen molar-refractivity contribution in [1.82, 2.24) is 0 Å². The molecule has 1 aromatic rings. The van der Waals surface area contributed by atoms with Crippen LogP contribution in [0.25, 0.3) is 0 Å². The molecule has 0 fully saturated rings. The van der Waals surface area contributed by atoms with E-state index in [2.05, 4.69) is 6.58 Å². The van der Waals surface area contributed by atoms with Gasteiger partial charge >= 0.3 is 5.97 Å². The summed E-state index contributed by atoms with van der Waals surface area (Å²) >= 11 is 0. The molecule has 3 nitrogen and oxygen atoms in total. The molecule has 0 spiro atoms. The number of nitrogens with zero attached hydrogens (tertiary/aromatic N) is 1. The number of rotatable bonds is 5. The lowest BCUT2D eigenvalue weighted by Gasteiger charge is -2.22. The van der Waals surface area contributed by atoms with Gasteiger partial charge in [-0.25, -0.2) is 4.79 Å². The Kier molecular flexibility index (Phi) is 3.92. The van der Waals surface area contributed by atoms with Crippen molar-refractivity contribution in [2.24, 2.45) is 0 Å². The van der Waals surface area contributed by atoms with E-state index in [4.69, 9.17) is 5.11 Å². The van der Waals surface area contributed by atoms with Gasteiger partial charge in [-0.15, -0.1) is 0 Å². The Labute approximate surface area is 89.6 Å². The number of likely N-dealkylation sites (N-methyl/N-ethyl adjacent to an activating group) is 1. The first-order valence-corrected chi connectivity index (χ1v) is 4.86. The van der Waals surface area contributed by atoms with Crippen LogP contribution in [0, 0.1) is 0 Å². The normalized spacial score (nSPS) is 9.67. The lowest BCUT2D eigenvalue weighted by atomic mass is 10.2. The predicted octanol–water partition coefficient (Wildman–Crippen LogP) is 2.15. The van der Waals surface area contributed by atoms with Gasteiger partial charge in [0.1, 0.15) is 0 Å². The van der Waals surface area contributed by atoms with Crippen LogP contribution >= 0.6 is 0 Å². The Hall–Kier alpha value is -1.77. The molecule has 0 saturated heterocycles. The van der Waals surface area contributed by atoms with Gasteiger partial charge in [-0.05, 0) is 19.1 Å². The van der Waals surface area contributed by atoms with Crippen LogP contribution in [0.2, 0.25) is 0 Å². The second-order valence-corrected chi connectivity index (χ2v) is 3.26. The maximum Gasteiger partial charge on any atom is 0.332 e. The van der Waals surface area contributed by atoms with E-state index in [1.54, 1.807) is 0 Å². The van der Waals surface area contributed by atoms with Crippen LogP contribution in [0.3, 0.4) is 0 Å². The number of para-hydroxylation sites is 1. The third-order valence-electron chi connectivity index (χ3n) is 2.19. The third kappa shape index (κ3) is 3.13. The minimum atomic E-state index is -0.940. The molecule has 15 heavy (non-hydrogen) atoms. The summed E-state index contributed by atoms with van der Waals surface area (Å²) in [5.74, 6) is -0.940. The SMILES string of the molecule is C=C(CN(CC)c1ccccc1)C(=O)O. The van der Waals surface area contributed by atoms with E-state index in [0.717, 1.165) is 12.2 Å². The van der Waals surface area contributed by atoms with Crippen molar-refractivity contribution in [3.63, 3.8) is 0 Å². The maximum atomic E-state index is 10.7. The molecule has 80 valence electrons. The van der Waals surface area contributed by atoms with Gasteiger partial charge in [0.05, 0.1) is 0 Å². The quantitative estimate of drug-likeness (QED) is 0.749. The van der Waals surface area contributed by atoms with Crippen LogP contribution in [-0.2, 0) is 4.79 Å². The van der Waals surface area contributed by atoms with E-state index in [1.807, 2.05) is 42.2 Å². The number of benzene rings is 1. The summed E-state index contributed by atoms with van der Waals surface area (Å²) in [5, 5.41) is 8.75. The summed E-state index contributed by atoms with van der Waals surface area (Å²) in [5.41, 5.74) is 1.23. The molecule has 1 rings (SSSR count). The average Bonchev–Trinajstić information content (AvgIpc) is 2.26. The van der Waals surface area contributed by atoms with Crippen LogP contribution in [0.1, 0.15) is 6.92 Å². The largest absolute Gasteiger partial charge is 0.478 e. The first-order chi connectivity index (χ1) is 7.15. The fourth-order valence-corrected chi connectivity index (χ4v) is 1.32. The topological polar surface area (TPSA) is 40.5 Å². The second kappa shape index (κ2) is 5.20.